The van der Waals surface area contributed by atoms with Crippen LogP contribution in [0.25, 0.3) is 0 Å². The van der Waals surface area contributed by atoms with Gasteiger partial charge in [-0.15, -0.1) is 0 Å². The lowest BCUT2D eigenvalue weighted by molar-refractivity contribution is 0.579. The van der Waals surface area contributed by atoms with Gasteiger partial charge in [-0.1, -0.05) is 6.92 Å². The minimum atomic E-state index is 0.634. The number of aromatic nitrogens is 2. The Hall–Kier alpha value is -0.830. The molecule has 1 unspecified atom stereocenters. The number of nitrogens with one attached hydrogen (secondary N) is 1. The van der Waals surface area contributed by atoms with Crippen molar-refractivity contribution in [2.24, 2.45) is 0 Å². The van der Waals surface area contributed by atoms with Crippen LogP contribution in [0.3, 0.4) is 0 Å². The van der Waals surface area contributed by atoms with Crippen LogP contribution in [0.2, 0.25) is 0 Å². The lowest BCUT2D eigenvalue weighted by atomic mass is 10.1. The predicted molar refractivity (Wildman–Crippen MR) is 57.5 cm³/mol. The fourth-order valence-electron chi connectivity index (χ4n) is 2.19. The molecule has 1 aliphatic heterocycles. The first-order chi connectivity index (χ1) is 6.83. The van der Waals surface area contributed by atoms with E-state index in [2.05, 4.69) is 28.7 Å². The fraction of sp³-hybridized carbons (Fsp3) is 0.727. The second-order valence-corrected chi connectivity index (χ2v) is 4.10. The summed E-state index contributed by atoms with van der Waals surface area (Å²) in [5, 5.41) is 3.40. The number of aryl methyl sites for hydroxylation is 1. The summed E-state index contributed by atoms with van der Waals surface area (Å²) in [5.41, 5.74) is 1.30. The Morgan fingerprint density at radius 2 is 2.50 bits per heavy atom. The average molecular weight is 193 g/mol. The number of imidazole rings is 1. The van der Waals surface area contributed by atoms with Gasteiger partial charge in [0.15, 0.2) is 0 Å². The van der Waals surface area contributed by atoms with E-state index in [1.165, 1.54) is 24.4 Å². The molecular formula is C11H19N3. The maximum atomic E-state index is 4.54. The minimum Gasteiger partial charge on any atom is -0.332 e. The van der Waals surface area contributed by atoms with E-state index in [0.717, 1.165) is 19.6 Å². The third kappa shape index (κ3) is 1.69. The lowest BCUT2D eigenvalue weighted by Gasteiger charge is -2.12. The first kappa shape index (κ1) is 9.71. The average Bonchev–Trinajstić information content (AvgIpc) is 2.77. The Kier molecular flexibility index (Phi) is 2.87. The van der Waals surface area contributed by atoms with Gasteiger partial charge >= 0.3 is 0 Å². The molecule has 2 heterocycles. The molecule has 1 N–H and O–H groups in total. The van der Waals surface area contributed by atoms with E-state index < -0.39 is 0 Å². The predicted octanol–water partition coefficient (Wildman–Crippen LogP) is 1.68. The SMILES string of the molecule is CCCn1c(C)cnc1C1CCNC1. The molecule has 3 nitrogen and oxygen atoms in total. The third-order valence-electron chi connectivity index (χ3n) is 2.96. The standard InChI is InChI=1S/C11H19N3/c1-3-6-14-9(2)7-13-11(14)10-4-5-12-8-10/h7,10,12H,3-6,8H2,1-2H3. The molecule has 0 bridgehead atoms. The van der Waals surface area contributed by atoms with E-state index in [0.29, 0.717) is 5.92 Å². The fourth-order valence-corrected chi connectivity index (χ4v) is 2.19. The van der Waals surface area contributed by atoms with Crippen molar-refractivity contribution in [1.29, 1.82) is 0 Å². The molecular weight excluding hydrogens is 174 g/mol. The summed E-state index contributed by atoms with van der Waals surface area (Å²) in [6, 6.07) is 0. The molecule has 0 radical (unpaired) electrons. The molecule has 2 rings (SSSR count). The zero-order valence-corrected chi connectivity index (χ0v) is 9.08. The molecule has 1 aromatic rings. The summed E-state index contributed by atoms with van der Waals surface area (Å²) < 4.78 is 2.37. The van der Waals surface area contributed by atoms with Gasteiger partial charge in [-0.25, -0.2) is 4.98 Å². The van der Waals surface area contributed by atoms with Crippen molar-refractivity contribution < 1.29 is 0 Å². The van der Waals surface area contributed by atoms with Gasteiger partial charge in [-0.05, 0) is 26.3 Å². The lowest BCUT2D eigenvalue weighted by Crippen LogP contribution is -2.13. The van der Waals surface area contributed by atoms with Crippen molar-refractivity contribution in [2.45, 2.75) is 39.2 Å². The van der Waals surface area contributed by atoms with Gasteiger partial charge < -0.3 is 9.88 Å². The first-order valence-corrected chi connectivity index (χ1v) is 5.55. The van der Waals surface area contributed by atoms with E-state index >= 15 is 0 Å². The van der Waals surface area contributed by atoms with Gasteiger partial charge in [0.05, 0.1) is 0 Å². The number of hydrogen-bond acceptors (Lipinski definition) is 2. The van der Waals surface area contributed by atoms with E-state index in [1.54, 1.807) is 0 Å². The van der Waals surface area contributed by atoms with Crippen molar-refractivity contribution in [3.63, 3.8) is 0 Å². The second kappa shape index (κ2) is 4.13. The summed E-state index contributed by atoms with van der Waals surface area (Å²) in [6.45, 7) is 7.71. The van der Waals surface area contributed by atoms with Crippen molar-refractivity contribution in [3.05, 3.63) is 17.7 Å². The molecule has 0 spiro atoms. The third-order valence-corrected chi connectivity index (χ3v) is 2.96. The van der Waals surface area contributed by atoms with Crippen LogP contribution in [-0.4, -0.2) is 22.6 Å². The van der Waals surface area contributed by atoms with Gasteiger partial charge in [-0.2, -0.15) is 0 Å². The van der Waals surface area contributed by atoms with Crippen LogP contribution < -0.4 is 5.32 Å². The van der Waals surface area contributed by atoms with Crippen LogP contribution in [0.4, 0.5) is 0 Å². The Balaban J connectivity index is 2.22. The van der Waals surface area contributed by atoms with Crippen LogP contribution in [0.5, 0.6) is 0 Å². The maximum Gasteiger partial charge on any atom is 0.113 e. The molecule has 1 fully saturated rings. The molecule has 78 valence electrons. The Morgan fingerprint density at radius 3 is 3.14 bits per heavy atom. The summed E-state index contributed by atoms with van der Waals surface area (Å²) >= 11 is 0. The van der Waals surface area contributed by atoms with Gasteiger partial charge in [0, 0.05) is 30.9 Å². The van der Waals surface area contributed by atoms with Crippen molar-refractivity contribution in [1.82, 2.24) is 14.9 Å². The van der Waals surface area contributed by atoms with Crippen molar-refractivity contribution in [2.75, 3.05) is 13.1 Å². The van der Waals surface area contributed by atoms with Crippen molar-refractivity contribution in [3.8, 4) is 0 Å². The summed E-state index contributed by atoms with van der Waals surface area (Å²) in [4.78, 5) is 4.54. The molecule has 0 amide bonds. The normalized spacial score (nSPS) is 21.7. The molecule has 1 atom stereocenters. The number of rotatable bonds is 3. The first-order valence-electron chi connectivity index (χ1n) is 5.55. The summed E-state index contributed by atoms with van der Waals surface area (Å²) in [7, 11) is 0. The second-order valence-electron chi connectivity index (χ2n) is 4.10. The van der Waals surface area contributed by atoms with Gasteiger partial charge in [-0.3, -0.25) is 0 Å². The van der Waals surface area contributed by atoms with Crippen LogP contribution >= 0.6 is 0 Å². The zero-order chi connectivity index (χ0) is 9.97. The molecule has 14 heavy (non-hydrogen) atoms. The molecule has 0 aromatic carbocycles. The van der Waals surface area contributed by atoms with E-state index in [1.807, 2.05) is 6.20 Å². The van der Waals surface area contributed by atoms with Crippen LogP contribution in [0, 0.1) is 6.92 Å². The summed E-state index contributed by atoms with van der Waals surface area (Å²) in [5.74, 6) is 1.92. The smallest absolute Gasteiger partial charge is 0.113 e. The highest BCUT2D eigenvalue weighted by atomic mass is 15.1. The Labute approximate surface area is 85.5 Å². The zero-order valence-electron chi connectivity index (χ0n) is 9.08. The van der Waals surface area contributed by atoms with Crippen LogP contribution in [0.15, 0.2) is 6.20 Å². The quantitative estimate of drug-likeness (QED) is 0.791. The highest BCUT2D eigenvalue weighted by Gasteiger charge is 2.21. The van der Waals surface area contributed by atoms with E-state index in [4.69, 9.17) is 0 Å². The summed E-state index contributed by atoms with van der Waals surface area (Å²) in [6.07, 6.45) is 4.42. The topological polar surface area (TPSA) is 29.9 Å². The molecule has 0 saturated carbocycles. The minimum absolute atomic E-state index is 0.634. The van der Waals surface area contributed by atoms with Crippen LogP contribution in [-0.2, 0) is 6.54 Å². The monoisotopic (exact) mass is 193 g/mol. The highest BCUT2D eigenvalue weighted by molar-refractivity contribution is 5.10. The van der Waals surface area contributed by atoms with Gasteiger partial charge in [0.25, 0.3) is 0 Å². The molecule has 1 saturated heterocycles. The Bertz CT molecular complexity index is 297. The number of nitrogens with zero attached hydrogens (tertiary/aromatic N) is 2. The van der Waals surface area contributed by atoms with Gasteiger partial charge in [0.2, 0.25) is 0 Å². The molecule has 3 heteroatoms. The Morgan fingerprint density at radius 1 is 1.64 bits per heavy atom. The maximum absolute atomic E-state index is 4.54. The largest absolute Gasteiger partial charge is 0.332 e. The van der Waals surface area contributed by atoms with E-state index in [9.17, 15) is 0 Å². The van der Waals surface area contributed by atoms with E-state index in [-0.39, 0.29) is 0 Å². The molecule has 1 aromatic heterocycles. The van der Waals surface area contributed by atoms with Crippen LogP contribution in [0.1, 0.15) is 37.2 Å². The number of hydrogen-bond donors (Lipinski definition) is 1. The van der Waals surface area contributed by atoms with Crippen molar-refractivity contribution >= 4 is 0 Å². The molecule has 0 aliphatic carbocycles. The highest BCUT2D eigenvalue weighted by Crippen LogP contribution is 2.22. The molecule has 1 aliphatic rings. The van der Waals surface area contributed by atoms with Gasteiger partial charge in [0.1, 0.15) is 5.82 Å².